The van der Waals surface area contributed by atoms with Gasteiger partial charge in [-0.05, 0) is 29.8 Å². The molecule has 0 unspecified atom stereocenters. The number of likely N-dealkylation sites (tertiary alicyclic amines) is 1. The number of nitrogens with zero attached hydrogens (tertiary/aromatic N) is 3. The zero-order chi connectivity index (χ0) is 18.8. The van der Waals surface area contributed by atoms with Gasteiger partial charge in [0.25, 0.3) is 0 Å². The van der Waals surface area contributed by atoms with Crippen LogP contribution < -0.4 is 4.74 Å². The lowest BCUT2D eigenvalue weighted by Crippen LogP contribution is -2.41. The second-order valence-corrected chi connectivity index (χ2v) is 6.85. The maximum Gasteiger partial charge on any atom is 0.222 e. The Morgan fingerprint density at radius 1 is 1.19 bits per heavy atom. The second-order valence-electron chi connectivity index (χ2n) is 6.85. The number of hydrogen-bond acceptors (Lipinski definition) is 4. The summed E-state index contributed by atoms with van der Waals surface area (Å²) in [6.07, 6.45) is 5.98. The molecule has 0 spiro atoms. The van der Waals surface area contributed by atoms with Gasteiger partial charge in [-0.3, -0.25) is 4.79 Å². The molecule has 3 heterocycles. The summed E-state index contributed by atoms with van der Waals surface area (Å²) in [7, 11) is 0. The van der Waals surface area contributed by atoms with Crippen molar-refractivity contribution in [2.24, 2.45) is 0 Å². The van der Waals surface area contributed by atoms with Crippen LogP contribution in [0.15, 0.2) is 48.8 Å². The Balaban J connectivity index is 1.42. The Hall–Kier alpha value is -3.02. The fourth-order valence-corrected chi connectivity index (χ4v) is 3.53. The topological polar surface area (TPSA) is 67.1 Å². The van der Waals surface area contributed by atoms with E-state index >= 15 is 0 Å². The molecule has 1 aliphatic rings. The highest BCUT2D eigenvalue weighted by Gasteiger charge is 2.22. The molecule has 0 radical (unpaired) electrons. The van der Waals surface area contributed by atoms with Gasteiger partial charge in [-0.25, -0.2) is 4.52 Å². The molecule has 0 aliphatic carbocycles. The first-order valence-corrected chi connectivity index (χ1v) is 9.35. The van der Waals surface area contributed by atoms with Crippen LogP contribution in [0.2, 0.25) is 0 Å². The number of hydrogen-bond donors (Lipinski definition) is 1. The van der Waals surface area contributed by atoms with Crippen LogP contribution in [-0.4, -0.2) is 44.7 Å². The molecule has 1 N–H and O–H groups in total. The molecule has 27 heavy (non-hydrogen) atoms. The highest BCUT2D eigenvalue weighted by molar-refractivity contribution is 5.75. The number of rotatable bonds is 4. The largest absolute Gasteiger partial charge is 0.506 e. The Morgan fingerprint density at radius 3 is 2.63 bits per heavy atom. The van der Waals surface area contributed by atoms with Crippen molar-refractivity contribution in [3.63, 3.8) is 0 Å². The molecule has 6 heteroatoms. The van der Waals surface area contributed by atoms with E-state index in [9.17, 15) is 9.90 Å². The lowest BCUT2D eigenvalue weighted by atomic mass is 10.1. The van der Waals surface area contributed by atoms with E-state index in [0.29, 0.717) is 11.9 Å². The molecule has 1 aliphatic heterocycles. The van der Waals surface area contributed by atoms with Crippen molar-refractivity contribution in [2.45, 2.75) is 32.3 Å². The number of ether oxygens (including phenoxy) is 1. The molecule has 0 atom stereocenters. The minimum absolute atomic E-state index is 0.140. The van der Waals surface area contributed by atoms with Gasteiger partial charge in [0.2, 0.25) is 5.91 Å². The summed E-state index contributed by atoms with van der Waals surface area (Å²) >= 11 is 0. The van der Waals surface area contributed by atoms with Crippen LogP contribution in [0.5, 0.6) is 11.5 Å². The molecule has 0 saturated carbocycles. The third-order valence-corrected chi connectivity index (χ3v) is 5.07. The van der Waals surface area contributed by atoms with E-state index in [4.69, 9.17) is 4.74 Å². The molecule has 1 fully saturated rings. The molecule has 3 aromatic rings. The summed E-state index contributed by atoms with van der Waals surface area (Å²) in [6, 6.07) is 11.4. The first kappa shape index (κ1) is 17.4. The van der Waals surface area contributed by atoms with Crippen molar-refractivity contribution in [1.82, 2.24) is 14.5 Å². The summed E-state index contributed by atoms with van der Waals surface area (Å²) in [5.74, 6) is 1.25. The fraction of sp³-hybridized carbons (Fsp3) is 0.333. The molecule has 6 nitrogen and oxygen atoms in total. The van der Waals surface area contributed by atoms with Crippen LogP contribution in [-0.2, 0) is 4.79 Å². The van der Waals surface area contributed by atoms with E-state index in [2.05, 4.69) is 5.10 Å². The van der Waals surface area contributed by atoms with Crippen molar-refractivity contribution in [1.29, 1.82) is 0 Å². The van der Waals surface area contributed by atoms with Gasteiger partial charge in [-0.2, -0.15) is 5.10 Å². The van der Waals surface area contributed by atoms with Crippen molar-refractivity contribution in [3.8, 4) is 22.6 Å². The molecule has 0 bridgehead atoms. The summed E-state index contributed by atoms with van der Waals surface area (Å²) in [5.41, 5.74) is 2.56. The van der Waals surface area contributed by atoms with Gasteiger partial charge in [-0.1, -0.05) is 19.1 Å². The maximum atomic E-state index is 11.8. The quantitative estimate of drug-likeness (QED) is 0.769. The number of amides is 1. The lowest BCUT2D eigenvalue weighted by molar-refractivity contribution is -0.132. The fourth-order valence-electron chi connectivity index (χ4n) is 3.53. The predicted molar refractivity (Wildman–Crippen MR) is 103 cm³/mol. The number of fused-ring (bicyclic) bond motifs is 1. The number of aromatic hydroxyl groups is 1. The van der Waals surface area contributed by atoms with Crippen molar-refractivity contribution >= 4 is 11.4 Å². The third kappa shape index (κ3) is 3.60. The molecule has 2 aromatic heterocycles. The zero-order valence-electron chi connectivity index (χ0n) is 15.3. The Labute approximate surface area is 158 Å². The Kier molecular flexibility index (Phi) is 4.71. The van der Waals surface area contributed by atoms with Crippen LogP contribution >= 0.6 is 0 Å². The number of piperidine rings is 1. The van der Waals surface area contributed by atoms with Gasteiger partial charge in [0.1, 0.15) is 23.1 Å². The standard InChI is InChI=1S/C21H23N3O3/c1-2-21(26)23-11-8-18(9-12-23)27-17-5-3-15(4-6-17)16-13-20(25)19-7-10-22-24(19)14-16/h3-7,10,13-14,18,25H,2,8-9,11-12H2,1H3. The minimum atomic E-state index is 0.140. The van der Waals surface area contributed by atoms with Crippen LogP contribution in [0.3, 0.4) is 0 Å². The Bertz CT molecular complexity index is 941. The van der Waals surface area contributed by atoms with E-state index in [1.54, 1.807) is 22.8 Å². The monoisotopic (exact) mass is 365 g/mol. The van der Waals surface area contributed by atoms with Gasteiger partial charge in [0.15, 0.2) is 0 Å². The molecule has 1 saturated heterocycles. The smallest absolute Gasteiger partial charge is 0.222 e. The summed E-state index contributed by atoms with van der Waals surface area (Å²) in [6.45, 7) is 3.42. The average Bonchev–Trinajstić information content (AvgIpc) is 3.18. The van der Waals surface area contributed by atoms with E-state index in [-0.39, 0.29) is 17.8 Å². The molecular formula is C21H23N3O3. The van der Waals surface area contributed by atoms with E-state index < -0.39 is 0 Å². The van der Waals surface area contributed by atoms with E-state index in [1.165, 1.54) is 0 Å². The average molecular weight is 365 g/mol. The molecular weight excluding hydrogens is 342 g/mol. The summed E-state index contributed by atoms with van der Waals surface area (Å²) < 4.78 is 7.75. The van der Waals surface area contributed by atoms with Gasteiger partial charge < -0.3 is 14.7 Å². The molecule has 4 rings (SSSR count). The normalized spacial score (nSPS) is 15.2. The van der Waals surface area contributed by atoms with E-state index in [1.807, 2.05) is 42.3 Å². The van der Waals surface area contributed by atoms with Crippen molar-refractivity contribution in [2.75, 3.05) is 13.1 Å². The van der Waals surface area contributed by atoms with Crippen LogP contribution in [0.1, 0.15) is 26.2 Å². The number of pyridine rings is 1. The summed E-state index contributed by atoms with van der Waals surface area (Å²) in [4.78, 5) is 13.7. The van der Waals surface area contributed by atoms with Crippen LogP contribution in [0.4, 0.5) is 0 Å². The van der Waals surface area contributed by atoms with E-state index in [0.717, 1.165) is 42.8 Å². The Morgan fingerprint density at radius 2 is 1.93 bits per heavy atom. The SMILES string of the molecule is CCC(=O)N1CCC(Oc2ccc(-c3cc(O)c4ccnn4c3)cc2)CC1. The molecule has 140 valence electrons. The number of carbonyl (C=O) groups excluding carboxylic acids is 1. The lowest BCUT2D eigenvalue weighted by Gasteiger charge is -2.32. The first-order valence-electron chi connectivity index (χ1n) is 9.35. The molecule has 1 amide bonds. The van der Waals surface area contributed by atoms with Gasteiger partial charge in [0, 0.05) is 44.1 Å². The maximum absolute atomic E-state index is 11.8. The van der Waals surface area contributed by atoms with Gasteiger partial charge in [0.05, 0.1) is 6.20 Å². The van der Waals surface area contributed by atoms with Crippen molar-refractivity contribution < 1.29 is 14.6 Å². The number of aromatic nitrogens is 2. The van der Waals surface area contributed by atoms with Gasteiger partial charge >= 0.3 is 0 Å². The highest BCUT2D eigenvalue weighted by Crippen LogP contribution is 2.29. The highest BCUT2D eigenvalue weighted by atomic mass is 16.5. The van der Waals surface area contributed by atoms with Gasteiger partial charge in [-0.15, -0.1) is 0 Å². The molecule has 1 aromatic carbocycles. The first-order chi connectivity index (χ1) is 13.1. The number of carbonyl (C=O) groups is 1. The third-order valence-electron chi connectivity index (χ3n) is 5.07. The number of benzene rings is 1. The second kappa shape index (κ2) is 7.31. The zero-order valence-corrected chi connectivity index (χ0v) is 15.3. The van der Waals surface area contributed by atoms with Crippen molar-refractivity contribution in [3.05, 3.63) is 48.8 Å². The summed E-state index contributed by atoms with van der Waals surface area (Å²) in [5, 5.41) is 14.3. The minimum Gasteiger partial charge on any atom is -0.506 e. The predicted octanol–water partition coefficient (Wildman–Crippen LogP) is 3.49. The van der Waals surface area contributed by atoms with Crippen LogP contribution in [0, 0.1) is 0 Å². The van der Waals surface area contributed by atoms with Crippen LogP contribution in [0.25, 0.3) is 16.6 Å².